The molecule has 9 heteroatoms. The second-order valence-corrected chi connectivity index (χ2v) is 13.3. The lowest BCUT2D eigenvalue weighted by Crippen LogP contribution is -2.02. The van der Waals surface area contributed by atoms with Gasteiger partial charge in [-0.1, -0.05) is 91.0 Å². The minimum absolute atomic E-state index is 0.0658. The molecule has 7 nitrogen and oxygen atoms in total. The molecule has 0 aliphatic rings. The Balaban J connectivity index is 1.13. The van der Waals surface area contributed by atoms with Crippen molar-refractivity contribution in [2.24, 2.45) is 0 Å². The predicted octanol–water partition coefficient (Wildman–Crippen LogP) is 9.63. The number of aliphatic carboxylic acids is 1. The molecule has 0 bridgehead atoms. The topological polar surface area (TPSA) is 86.5 Å². The van der Waals surface area contributed by atoms with Crippen LogP contribution in [0.1, 0.15) is 28.9 Å². The molecule has 1 N–H and O–H groups in total. The van der Waals surface area contributed by atoms with E-state index >= 15 is 0 Å². The van der Waals surface area contributed by atoms with Crippen molar-refractivity contribution in [3.05, 3.63) is 155 Å². The van der Waals surface area contributed by atoms with Crippen molar-refractivity contribution < 1.29 is 19.4 Å². The number of hydrogen-bond donors (Lipinski definition) is 1. The number of nitrogens with zero attached hydrogens (tertiary/aromatic N) is 3. The van der Waals surface area contributed by atoms with Crippen molar-refractivity contribution in [1.29, 1.82) is 0 Å². The van der Waals surface area contributed by atoms with E-state index in [-0.39, 0.29) is 6.42 Å². The van der Waals surface area contributed by atoms with Gasteiger partial charge in [0.2, 0.25) is 0 Å². The van der Waals surface area contributed by atoms with Gasteiger partial charge in [-0.15, -0.1) is 22.7 Å². The largest absolute Gasteiger partial charge is 0.487 e. The first kappa shape index (κ1) is 32.1. The maximum absolute atomic E-state index is 11.4. The van der Waals surface area contributed by atoms with Crippen LogP contribution in [0.15, 0.2) is 132 Å². The fraction of sp³-hybridized carbons (Fsp3) is 0.125. The summed E-state index contributed by atoms with van der Waals surface area (Å²) < 4.78 is 14.7. The maximum Gasteiger partial charge on any atom is 0.303 e. The van der Waals surface area contributed by atoms with Crippen LogP contribution < -0.4 is 9.47 Å². The number of carboxylic acid groups (broad SMARTS) is 1. The molecule has 0 atom stereocenters. The van der Waals surface area contributed by atoms with Crippen LogP contribution in [0.25, 0.3) is 32.3 Å². The van der Waals surface area contributed by atoms with Crippen molar-refractivity contribution >= 4 is 28.6 Å². The molecule has 0 aliphatic heterocycles. The van der Waals surface area contributed by atoms with Crippen molar-refractivity contribution in [2.45, 2.75) is 32.6 Å². The van der Waals surface area contributed by atoms with Gasteiger partial charge >= 0.3 is 5.97 Å². The van der Waals surface area contributed by atoms with Crippen LogP contribution in [0, 0.1) is 0 Å². The molecule has 0 unspecified atom stereocenters. The molecule has 0 fully saturated rings. The Morgan fingerprint density at radius 2 is 1.18 bits per heavy atom. The van der Waals surface area contributed by atoms with Gasteiger partial charge in [0, 0.05) is 58.9 Å². The van der Waals surface area contributed by atoms with E-state index in [0.29, 0.717) is 37.7 Å². The lowest BCUT2D eigenvalue weighted by Gasteiger charge is -2.12. The van der Waals surface area contributed by atoms with Crippen LogP contribution in [-0.2, 0) is 31.0 Å². The molecule has 0 saturated heterocycles. The van der Waals surface area contributed by atoms with Gasteiger partial charge in [-0.25, -0.2) is 9.97 Å². The average molecular weight is 684 g/mol. The summed E-state index contributed by atoms with van der Waals surface area (Å²) in [5.74, 6) is 0.531. The zero-order chi connectivity index (χ0) is 33.4. The highest BCUT2D eigenvalue weighted by Gasteiger charge is 2.14. The average Bonchev–Trinajstić information content (AvgIpc) is 3.91. The minimum Gasteiger partial charge on any atom is -0.487 e. The highest BCUT2D eigenvalue weighted by Crippen LogP contribution is 2.31. The first-order valence-corrected chi connectivity index (χ1v) is 17.7. The molecule has 7 rings (SSSR count). The number of rotatable bonds is 14. The fourth-order valence-electron chi connectivity index (χ4n) is 5.55. The SMILES string of the molecule is O=C(O)CCc1cn(Cc2cc(OCc3csc(-c4ccccc4)n3)cc(OCc3csc(-c4ccccc4)n3)c2)cc1-c1ccccc1. The van der Waals surface area contributed by atoms with Crippen LogP contribution >= 0.6 is 22.7 Å². The smallest absolute Gasteiger partial charge is 0.303 e. The van der Waals surface area contributed by atoms with E-state index in [0.717, 1.165) is 54.8 Å². The van der Waals surface area contributed by atoms with E-state index in [9.17, 15) is 9.90 Å². The zero-order valence-electron chi connectivity index (χ0n) is 26.6. The number of carboxylic acids is 1. The van der Waals surface area contributed by atoms with Gasteiger partial charge in [-0.2, -0.15) is 0 Å². The number of thiazole rings is 2. The van der Waals surface area contributed by atoms with Crippen molar-refractivity contribution in [2.75, 3.05) is 0 Å². The van der Waals surface area contributed by atoms with E-state index in [1.165, 1.54) is 0 Å². The van der Waals surface area contributed by atoms with Gasteiger partial charge in [-0.3, -0.25) is 4.79 Å². The van der Waals surface area contributed by atoms with E-state index in [1.807, 2.05) is 102 Å². The van der Waals surface area contributed by atoms with Gasteiger partial charge in [0.1, 0.15) is 34.7 Å². The lowest BCUT2D eigenvalue weighted by atomic mass is 10.0. The third kappa shape index (κ3) is 8.32. The molecular weight excluding hydrogens is 651 g/mol. The number of ether oxygens (including phenoxy) is 2. The summed E-state index contributed by atoms with van der Waals surface area (Å²) in [7, 11) is 0. The fourth-order valence-corrected chi connectivity index (χ4v) is 7.17. The molecule has 0 aliphatic carbocycles. The number of carbonyl (C=O) groups is 1. The number of hydrogen-bond acceptors (Lipinski definition) is 7. The van der Waals surface area contributed by atoms with Gasteiger partial charge in [0.05, 0.1) is 11.4 Å². The standard InChI is InChI=1S/C40H33N3O4S2/c44-38(45)17-16-32-22-43(23-37(32)29-10-4-1-5-11-29)21-28-18-35(46-24-33-26-48-39(41-33)30-12-6-2-7-13-30)20-36(19-28)47-25-34-27-49-40(42-34)31-14-8-3-9-15-31/h1-15,18-20,22-23,26-27H,16-17,21,24-25H2,(H,44,45). The molecule has 0 saturated carbocycles. The number of aromatic nitrogens is 3. The molecule has 4 aromatic carbocycles. The summed E-state index contributed by atoms with van der Waals surface area (Å²) >= 11 is 3.20. The summed E-state index contributed by atoms with van der Waals surface area (Å²) in [6.07, 6.45) is 4.64. The molecule has 49 heavy (non-hydrogen) atoms. The van der Waals surface area contributed by atoms with Crippen LogP contribution in [-0.4, -0.2) is 25.6 Å². The minimum atomic E-state index is -0.814. The second-order valence-electron chi connectivity index (χ2n) is 11.5. The first-order chi connectivity index (χ1) is 24.1. The van der Waals surface area contributed by atoms with E-state index in [4.69, 9.17) is 19.4 Å². The maximum atomic E-state index is 11.4. The van der Waals surface area contributed by atoms with Crippen LogP contribution in [0.2, 0.25) is 0 Å². The molecular formula is C40H33N3O4S2. The second kappa shape index (κ2) is 15.1. The highest BCUT2D eigenvalue weighted by molar-refractivity contribution is 7.13. The molecule has 3 heterocycles. The summed E-state index contributed by atoms with van der Waals surface area (Å²) in [4.78, 5) is 21.0. The normalized spacial score (nSPS) is 11.0. The Hall–Kier alpha value is -5.51. The van der Waals surface area contributed by atoms with Crippen molar-refractivity contribution in [1.82, 2.24) is 14.5 Å². The van der Waals surface area contributed by atoms with Gasteiger partial charge < -0.3 is 19.1 Å². The Labute approximate surface area is 292 Å². The van der Waals surface area contributed by atoms with Crippen molar-refractivity contribution in [3.63, 3.8) is 0 Å². The molecule has 244 valence electrons. The monoisotopic (exact) mass is 683 g/mol. The van der Waals surface area contributed by atoms with Gasteiger partial charge in [0.15, 0.2) is 0 Å². The third-order valence-electron chi connectivity index (χ3n) is 7.88. The Morgan fingerprint density at radius 3 is 1.69 bits per heavy atom. The summed E-state index contributed by atoms with van der Waals surface area (Å²) in [6, 6.07) is 36.3. The van der Waals surface area contributed by atoms with Crippen LogP contribution in [0.4, 0.5) is 0 Å². The third-order valence-corrected chi connectivity index (χ3v) is 9.76. The summed E-state index contributed by atoms with van der Waals surface area (Å²) in [6.45, 7) is 1.18. The number of benzene rings is 4. The summed E-state index contributed by atoms with van der Waals surface area (Å²) in [5, 5.41) is 15.3. The zero-order valence-corrected chi connectivity index (χ0v) is 28.2. The van der Waals surface area contributed by atoms with Gasteiger partial charge in [0.25, 0.3) is 0 Å². The molecule has 0 spiro atoms. The van der Waals surface area contributed by atoms with E-state index in [1.54, 1.807) is 22.7 Å². The summed E-state index contributed by atoms with van der Waals surface area (Å²) in [5.41, 5.74) is 7.94. The molecule has 0 amide bonds. The Kier molecular flexibility index (Phi) is 9.91. The lowest BCUT2D eigenvalue weighted by molar-refractivity contribution is -0.136. The molecule has 7 aromatic rings. The predicted molar refractivity (Wildman–Crippen MR) is 195 cm³/mol. The highest BCUT2D eigenvalue weighted by atomic mass is 32.1. The molecule has 0 radical (unpaired) electrons. The van der Waals surface area contributed by atoms with Crippen molar-refractivity contribution in [3.8, 4) is 43.8 Å². The molecule has 3 aromatic heterocycles. The quantitative estimate of drug-likeness (QED) is 0.123. The first-order valence-electron chi connectivity index (χ1n) is 15.9. The number of aryl methyl sites for hydroxylation is 1. The van der Waals surface area contributed by atoms with Crippen LogP contribution in [0.5, 0.6) is 11.5 Å². The Morgan fingerprint density at radius 1 is 0.673 bits per heavy atom. The van der Waals surface area contributed by atoms with Gasteiger partial charge in [-0.05, 0) is 35.2 Å². The Bertz CT molecular complexity index is 2040. The van der Waals surface area contributed by atoms with E-state index in [2.05, 4.69) is 35.0 Å². The van der Waals surface area contributed by atoms with Crippen LogP contribution in [0.3, 0.4) is 0 Å². The van der Waals surface area contributed by atoms with E-state index < -0.39 is 5.97 Å².